The van der Waals surface area contributed by atoms with Crippen molar-refractivity contribution in [2.75, 3.05) is 19.6 Å². The van der Waals surface area contributed by atoms with E-state index in [0.29, 0.717) is 6.04 Å². The van der Waals surface area contributed by atoms with Crippen molar-refractivity contribution in [1.82, 2.24) is 10.2 Å². The van der Waals surface area contributed by atoms with E-state index in [1.165, 1.54) is 51.7 Å². The Hall–Kier alpha value is -0.0800. The molecule has 2 aliphatic rings. The van der Waals surface area contributed by atoms with Crippen molar-refractivity contribution in [2.45, 2.75) is 65.0 Å². The summed E-state index contributed by atoms with van der Waals surface area (Å²) in [4.78, 5) is 2.73. The van der Waals surface area contributed by atoms with E-state index in [1.54, 1.807) is 0 Å². The summed E-state index contributed by atoms with van der Waals surface area (Å²) in [6.45, 7) is 11.0. The van der Waals surface area contributed by atoms with Crippen LogP contribution in [0.25, 0.3) is 0 Å². The van der Waals surface area contributed by atoms with Gasteiger partial charge in [0.05, 0.1) is 0 Å². The topological polar surface area (TPSA) is 15.3 Å². The van der Waals surface area contributed by atoms with Crippen LogP contribution in [0.15, 0.2) is 0 Å². The van der Waals surface area contributed by atoms with Crippen LogP contribution >= 0.6 is 0 Å². The van der Waals surface area contributed by atoms with Crippen LogP contribution in [-0.2, 0) is 0 Å². The first-order chi connectivity index (χ1) is 8.19. The number of rotatable bonds is 4. The Labute approximate surface area is 107 Å². The minimum Gasteiger partial charge on any atom is -0.311 e. The minimum absolute atomic E-state index is 0.694. The van der Waals surface area contributed by atoms with Gasteiger partial charge in [0.2, 0.25) is 0 Å². The summed E-state index contributed by atoms with van der Waals surface area (Å²) in [5.74, 6) is 1.98. The summed E-state index contributed by atoms with van der Waals surface area (Å²) in [7, 11) is 0. The molecule has 1 heterocycles. The molecule has 1 aliphatic heterocycles. The van der Waals surface area contributed by atoms with Crippen LogP contribution in [0.1, 0.15) is 52.9 Å². The van der Waals surface area contributed by atoms with Crippen molar-refractivity contribution >= 4 is 0 Å². The molecule has 2 fully saturated rings. The van der Waals surface area contributed by atoms with E-state index >= 15 is 0 Å². The maximum atomic E-state index is 3.75. The first-order valence-corrected chi connectivity index (χ1v) is 7.67. The molecule has 0 amide bonds. The van der Waals surface area contributed by atoms with Gasteiger partial charge >= 0.3 is 0 Å². The average Bonchev–Trinajstić information content (AvgIpc) is 3.11. The van der Waals surface area contributed by atoms with Gasteiger partial charge in [0, 0.05) is 18.6 Å². The van der Waals surface area contributed by atoms with Crippen LogP contribution in [0.3, 0.4) is 0 Å². The van der Waals surface area contributed by atoms with Crippen LogP contribution in [0.5, 0.6) is 0 Å². The molecule has 0 spiro atoms. The molecule has 17 heavy (non-hydrogen) atoms. The third-order valence-electron chi connectivity index (χ3n) is 4.66. The molecule has 1 N–H and O–H groups in total. The predicted octanol–water partition coefficient (Wildman–Crippen LogP) is 2.89. The van der Waals surface area contributed by atoms with E-state index in [4.69, 9.17) is 0 Å². The molecule has 3 unspecified atom stereocenters. The maximum absolute atomic E-state index is 3.75. The lowest BCUT2D eigenvalue weighted by Gasteiger charge is -2.33. The van der Waals surface area contributed by atoms with Crippen molar-refractivity contribution in [1.29, 1.82) is 0 Å². The molecule has 0 radical (unpaired) electrons. The van der Waals surface area contributed by atoms with Crippen LogP contribution in [-0.4, -0.2) is 36.6 Å². The number of hydrogen-bond acceptors (Lipinski definition) is 2. The molecule has 3 atom stereocenters. The number of hydrogen-bond donors (Lipinski definition) is 1. The molecule has 2 heteroatoms. The maximum Gasteiger partial charge on any atom is 0.00790 e. The van der Waals surface area contributed by atoms with Crippen LogP contribution < -0.4 is 5.32 Å². The standard InChI is InChI=1S/C15H30N2/c1-4-15-8-10-17(9-7-13(3)16-15)11-12(2)14-5-6-14/h12-16H,4-11H2,1-3H3. The highest BCUT2D eigenvalue weighted by Crippen LogP contribution is 2.36. The zero-order valence-corrected chi connectivity index (χ0v) is 11.9. The Balaban J connectivity index is 1.80. The minimum atomic E-state index is 0.694. The van der Waals surface area contributed by atoms with Crippen LogP contribution in [0, 0.1) is 11.8 Å². The van der Waals surface area contributed by atoms with Gasteiger partial charge in [0.1, 0.15) is 0 Å². The SMILES string of the molecule is CCC1CCN(CC(C)C2CC2)CCC(C)N1. The second kappa shape index (κ2) is 6.19. The van der Waals surface area contributed by atoms with E-state index < -0.39 is 0 Å². The van der Waals surface area contributed by atoms with E-state index in [-0.39, 0.29) is 0 Å². The summed E-state index contributed by atoms with van der Waals surface area (Å²) in [6.07, 6.45) is 6.90. The molecular weight excluding hydrogens is 208 g/mol. The highest BCUT2D eigenvalue weighted by molar-refractivity contribution is 4.83. The van der Waals surface area contributed by atoms with E-state index in [0.717, 1.165) is 17.9 Å². The van der Waals surface area contributed by atoms with Gasteiger partial charge < -0.3 is 10.2 Å². The second-order valence-electron chi connectivity index (χ2n) is 6.37. The van der Waals surface area contributed by atoms with Crippen LogP contribution in [0.2, 0.25) is 0 Å². The van der Waals surface area contributed by atoms with E-state index in [2.05, 4.69) is 31.0 Å². The largest absolute Gasteiger partial charge is 0.311 e. The first-order valence-electron chi connectivity index (χ1n) is 7.67. The fraction of sp³-hybridized carbons (Fsp3) is 1.00. The molecule has 0 aromatic rings. The van der Waals surface area contributed by atoms with Gasteiger partial charge in [-0.15, -0.1) is 0 Å². The molecule has 1 aliphatic carbocycles. The zero-order valence-electron chi connectivity index (χ0n) is 11.9. The Morgan fingerprint density at radius 2 is 1.88 bits per heavy atom. The smallest absolute Gasteiger partial charge is 0.00790 e. The fourth-order valence-corrected chi connectivity index (χ4v) is 3.12. The first kappa shape index (κ1) is 13.4. The highest BCUT2D eigenvalue weighted by Gasteiger charge is 2.29. The predicted molar refractivity (Wildman–Crippen MR) is 74.2 cm³/mol. The Morgan fingerprint density at radius 1 is 1.18 bits per heavy atom. The monoisotopic (exact) mass is 238 g/mol. The third kappa shape index (κ3) is 4.26. The number of nitrogens with one attached hydrogen (secondary N) is 1. The Kier molecular flexibility index (Phi) is 4.87. The van der Waals surface area contributed by atoms with Gasteiger partial charge in [0.15, 0.2) is 0 Å². The molecule has 100 valence electrons. The lowest BCUT2D eigenvalue weighted by molar-refractivity contribution is 0.184. The van der Waals surface area contributed by atoms with Gasteiger partial charge in [0.25, 0.3) is 0 Å². The molecule has 0 bridgehead atoms. The fourth-order valence-electron chi connectivity index (χ4n) is 3.12. The van der Waals surface area contributed by atoms with Crippen molar-refractivity contribution in [3.8, 4) is 0 Å². The third-order valence-corrected chi connectivity index (χ3v) is 4.66. The Morgan fingerprint density at radius 3 is 2.53 bits per heavy atom. The molecule has 1 saturated heterocycles. The van der Waals surface area contributed by atoms with E-state index in [9.17, 15) is 0 Å². The summed E-state index contributed by atoms with van der Waals surface area (Å²) >= 11 is 0. The van der Waals surface area contributed by atoms with E-state index in [1.807, 2.05) is 0 Å². The van der Waals surface area contributed by atoms with Crippen molar-refractivity contribution in [2.24, 2.45) is 11.8 Å². The lowest BCUT2D eigenvalue weighted by atomic mass is 10.0. The quantitative estimate of drug-likeness (QED) is 0.810. The molecule has 1 saturated carbocycles. The summed E-state index contributed by atoms with van der Waals surface area (Å²) in [6, 6.07) is 1.43. The number of nitrogens with zero attached hydrogens (tertiary/aromatic N) is 1. The molecule has 0 aromatic carbocycles. The van der Waals surface area contributed by atoms with Crippen molar-refractivity contribution in [3.63, 3.8) is 0 Å². The molecule has 2 nitrogen and oxygen atoms in total. The summed E-state index contributed by atoms with van der Waals surface area (Å²) in [5, 5.41) is 3.75. The summed E-state index contributed by atoms with van der Waals surface area (Å²) in [5.41, 5.74) is 0. The van der Waals surface area contributed by atoms with Gasteiger partial charge in [-0.25, -0.2) is 0 Å². The van der Waals surface area contributed by atoms with Gasteiger partial charge in [-0.2, -0.15) is 0 Å². The molecule has 2 rings (SSSR count). The van der Waals surface area contributed by atoms with Crippen molar-refractivity contribution in [3.05, 3.63) is 0 Å². The lowest BCUT2D eigenvalue weighted by Crippen LogP contribution is -2.45. The van der Waals surface area contributed by atoms with Gasteiger partial charge in [-0.3, -0.25) is 0 Å². The molecular formula is C15H30N2. The molecule has 0 aromatic heterocycles. The normalized spacial score (nSPS) is 34.1. The zero-order chi connectivity index (χ0) is 12.3. The van der Waals surface area contributed by atoms with Gasteiger partial charge in [-0.1, -0.05) is 13.8 Å². The average molecular weight is 238 g/mol. The van der Waals surface area contributed by atoms with Crippen LogP contribution in [0.4, 0.5) is 0 Å². The highest BCUT2D eigenvalue weighted by atomic mass is 15.1. The summed E-state index contributed by atoms with van der Waals surface area (Å²) < 4.78 is 0. The van der Waals surface area contributed by atoms with Gasteiger partial charge in [-0.05, 0) is 64.0 Å². The second-order valence-corrected chi connectivity index (χ2v) is 6.37. The Bertz CT molecular complexity index is 225. The van der Waals surface area contributed by atoms with Crippen molar-refractivity contribution < 1.29 is 0 Å².